The van der Waals surface area contributed by atoms with Crippen molar-refractivity contribution in [1.29, 1.82) is 0 Å². The number of ether oxygens (including phenoxy) is 3. The number of fused-ring (bicyclic) bond motifs is 1. The number of phenols is 1. The highest BCUT2D eigenvalue weighted by atomic mass is 31.2. The first-order valence-corrected chi connectivity index (χ1v) is 43.3. The van der Waals surface area contributed by atoms with Crippen LogP contribution in [-0.4, -0.2) is 274 Å². The van der Waals surface area contributed by atoms with Crippen LogP contribution in [0.5, 0.6) is 5.75 Å². The van der Waals surface area contributed by atoms with Gasteiger partial charge in [0.25, 0.3) is 11.5 Å². The topological polar surface area (TPSA) is 854 Å². The number of aliphatic carboxylic acids is 5. The summed E-state index contributed by atoms with van der Waals surface area (Å²) in [6.07, 6.45) is -6.07. The summed E-state index contributed by atoms with van der Waals surface area (Å²) in [5, 5.41) is 90.6. The molecule has 0 bridgehead atoms. The molecule has 1 aliphatic carbocycles. The van der Waals surface area contributed by atoms with E-state index in [0.717, 1.165) is 101 Å². The van der Waals surface area contributed by atoms with E-state index in [0.29, 0.717) is 11.3 Å². The summed E-state index contributed by atoms with van der Waals surface area (Å²) in [6.45, 7) is -0.765. The van der Waals surface area contributed by atoms with Crippen molar-refractivity contribution in [3.05, 3.63) is 135 Å². The lowest BCUT2D eigenvalue weighted by molar-refractivity contribution is -0.384. The van der Waals surface area contributed by atoms with Crippen LogP contribution in [0.3, 0.4) is 0 Å². The Morgan fingerprint density at radius 1 is 0.513 bits per heavy atom. The van der Waals surface area contributed by atoms with E-state index in [9.17, 15) is 124 Å². The Kier molecular flexibility index (Phi) is 41.2. The van der Waals surface area contributed by atoms with Crippen LogP contribution >= 0.6 is 53.2 Å². The van der Waals surface area contributed by atoms with E-state index < -0.39 is 253 Å². The molecule has 0 amide bonds. The van der Waals surface area contributed by atoms with E-state index in [1.54, 1.807) is 0 Å². The zero-order chi connectivity index (χ0) is 92.3. The predicted molar refractivity (Wildman–Crippen MR) is 394 cm³/mol. The summed E-state index contributed by atoms with van der Waals surface area (Å²) in [4.78, 5) is 255. The molecule has 2 fully saturated rings. The number of carbonyl (C=O) groups is 14. The third kappa shape index (κ3) is 32.9. The molecule has 10 unspecified atom stereocenters. The van der Waals surface area contributed by atoms with Crippen LogP contribution in [0, 0.1) is 33.8 Å². The second-order valence-electron chi connectivity index (χ2n) is 23.1. The zero-order valence-electron chi connectivity index (χ0n) is 61.4. The largest absolute Gasteiger partial charge is 0.508 e. The molecule has 2 aliphatic rings. The summed E-state index contributed by atoms with van der Waals surface area (Å²) >= 11 is 0. The average Bonchev–Trinajstić information content (AvgIpc) is 1.45. The number of carboxylic acids is 8. The number of carboxylic acid groups (broad SMARTS) is 8. The first kappa shape index (κ1) is 107. The van der Waals surface area contributed by atoms with Crippen molar-refractivity contribution in [3.8, 4) is 5.75 Å². The number of hydrogen-bond donors (Lipinski definition) is 19. The van der Waals surface area contributed by atoms with Crippen LogP contribution in [0.25, 0.3) is 10.8 Å². The highest BCUT2D eigenvalue weighted by Crippen LogP contribution is 2.48. The number of aryl methyl sites for hydroxylation is 1. The Bertz CT molecular complexity index is 5040. The first-order chi connectivity index (χ1) is 54.5. The Hall–Kier alpha value is -10.1. The summed E-state index contributed by atoms with van der Waals surface area (Å²) in [7, 11) is -23.8. The van der Waals surface area contributed by atoms with E-state index in [1.165, 1.54) is 12.1 Å². The standard InChI is InChI=1S/C19H14O6.C10H8O7.C9H10O9.C8H8NO7P.C7H10O6P2.C5H13NO8P2.C3H10O6P2/c20-15-13(16(21)17(22)14(15)18(23)19(24)25)9-8-11-6-3-5-10-4-1-2-7-12(10)11;1-17-10(16)6-3-4(11)2-5(8(12)13)7(6)9(14)15;1-17-9(16)5-3(7(12)13)2(6(10)11)4(18-5)8(14)15;1-16-17(14,15)6-4-2-3-5(8(10)11)7(6)9(12)13;1-13-15(11,12)7-5-3-2-4-6(7)14(8,9)10;1-14-16(12,13)4-6(2-5(7)8)3-15(9,10)11;1-9-11(7,8)3-2-10(4,5)6/h1-7,13-14H,8-9H2,(H,24,25);2-3,11H,1H3,(H,12,13)(H,14,15);2-5H,1H3,(H,10,11)(H,12,13)(H,14,15);2-4H,1H3,(H,10,11)(H,14,15);2-5H,1H3,(H,11,12)(H2,8,9,10);2-4H2,1H3,(H,7,8)(H,12,13)(H2,9,10,11);2-3H2,1H3,(H,7,8)(H2,4,5,6). The summed E-state index contributed by atoms with van der Waals surface area (Å²) < 4.78 is 107. The van der Waals surface area contributed by atoms with E-state index >= 15 is 0 Å². The number of benzene rings is 5. The molecule has 58 heteroatoms. The van der Waals surface area contributed by atoms with Crippen LogP contribution in [0.1, 0.15) is 53.4 Å². The van der Waals surface area contributed by atoms with Gasteiger partial charge < -0.3 is 127 Å². The molecule has 51 nitrogen and oxygen atoms in total. The summed E-state index contributed by atoms with van der Waals surface area (Å²) in [5.74, 6) is -27.1. The Balaban J connectivity index is 0.000000703. The van der Waals surface area contributed by atoms with Gasteiger partial charge in [0, 0.05) is 28.4 Å². The Labute approximate surface area is 665 Å². The van der Waals surface area contributed by atoms with Gasteiger partial charge in [-0.3, -0.25) is 80.5 Å². The smallest absolute Gasteiger partial charge is 0.373 e. The van der Waals surface area contributed by atoms with Gasteiger partial charge in [0.15, 0.2) is 23.9 Å². The molecule has 7 rings (SSSR count). The minimum atomic E-state index is -4.58. The van der Waals surface area contributed by atoms with Gasteiger partial charge >= 0.3 is 113 Å². The number of para-hydroxylation sites is 1. The third-order valence-electron chi connectivity index (χ3n) is 15.2. The van der Waals surface area contributed by atoms with Crippen molar-refractivity contribution in [1.82, 2.24) is 4.90 Å². The normalized spacial score (nSPS) is 18.1. The number of rotatable bonds is 30. The highest BCUT2D eigenvalue weighted by molar-refractivity contribution is 7.67. The molecule has 19 N–H and O–H groups in total. The van der Waals surface area contributed by atoms with Crippen molar-refractivity contribution in [2.24, 2.45) is 23.7 Å². The number of aromatic carboxylic acids is 3. The average molecular weight is 1840 g/mol. The van der Waals surface area contributed by atoms with Crippen molar-refractivity contribution in [2.75, 3.05) is 74.1 Å². The molecular weight excluding hydrogens is 1760 g/mol. The number of phenolic OH excluding ortho intramolecular Hbond substituents is 1. The van der Waals surface area contributed by atoms with Gasteiger partial charge in [-0.25, -0.2) is 33.6 Å². The molecule has 1 saturated heterocycles. The lowest BCUT2D eigenvalue weighted by atomic mass is 9.87. The molecule has 5 aromatic rings. The van der Waals surface area contributed by atoms with E-state index in [-0.39, 0.29) is 11.7 Å². The molecule has 0 radical (unpaired) electrons. The van der Waals surface area contributed by atoms with Crippen LogP contribution in [-0.2, 0) is 119 Å². The van der Waals surface area contributed by atoms with Gasteiger partial charge in [-0.15, -0.1) is 0 Å². The van der Waals surface area contributed by atoms with E-state index in [1.807, 2.05) is 42.5 Å². The molecule has 0 aromatic heterocycles. The summed E-state index contributed by atoms with van der Waals surface area (Å²) in [6, 6.07) is 23.0. The summed E-state index contributed by atoms with van der Waals surface area (Å²) in [5.41, 5.74) is -2.61. The number of nitro groups is 1. The predicted octanol–water partition coefficient (Wildman–Crippen LogP) is 0.358. The molecule has 119 heavy (non-hydrogen) atoms. The van der Waals surface area contributed by atoms with Gasteiger partial charge in [-0.05, 0) is 65.6 Å². The molecular formula is C61H73N2O49P7. The van der Waals surface area contributed by atoms with E-state index in [2.05, 4.69) is 32.3 Å². The third-order valence-corrected chi connectivity index (χ3v) is 23.9. The maximum atomic E-state index is 12.2. The lowest BCUT2D eigenvalue weighted by Crippen LogP contribution is -2.39. The number of esters is 2. The number of nitrogens with zero attached hydrogens (tertiary/aromatic N) is 2. The fourth-order valence-electron chi connectivity index (χ4n) is 9.85. The number of carbonyl (C=O) groups excluding carboxylic acids is 6. The SMILES string of the molecule is COC(=O)C1OC(C(=O)O)C(C(=O)O)C1C(=O)O.COC(=O)c1cc(O)cc(C(=O)O)c1C(=O)O.COP(=O)(O)CCP(=O)(O)O.COP(=O)(O)CN(CC(=O)O)CP(=O)(O)O.COP(=O)(O)c1cccc(C(=O)O)c1[N+](=O)[O-].COP(=O)(O)c1ccccc1P(=O)(O)O.O=C(O)C(=O)C1C(=O)C(=O)C(CCc2cccc3ccccc23)C1=O. The van der Waals surface area contributed by atoms with Crippen molar-refractivity contribution in [2.45, 2.75) is 25.0 Å². The minimum absolute atomic E-state index is 0.0703. The monoisotopic (exact) mass is 1830 g/mol. The number of ketones is 4. The van der Waals surface area contributed by atoms with Crippen molar-refractivity contribution >= 4 is 168 Å². The molecule has 1 heterocycles. The van der Waals surface area contributed by atoms with Gasteiger partial charge in [-0.2, -0.15) is 0 Å². The highest BCUT2D eigenvalue weighted by Gasteiger charge is 2.58. The second kappa shape index (κ2) is 45.9. The fourth-order valence-corrected chi connectivity index (χ4v) is 17.0. The number of methoxy groups -OCH3 is 2. The van der Waals surface area contributed by atoms with Gasteiger partial charge in [0.05, 0.1) is 71.2 Å². The van der Waals surface area contributed by atoms with Gasteiger partial charge in [0.2, 0.25) is 11.6 Å². The molecule has 5 aromatic carbocycles. The maximum absolute atomic E-state index is 12.2. The molecule has 1 aliphatic heterocycles. The molecule has 1 saturated carbocycles. The first-order valence-electron chi connectivity index (χ1n) is 31.4. The van der Waals surface area contributed by atoms with Crippen molar-refractivity contribution < 1.29 is 231 Å². The lowest BCUT2D eigenvalue weighted by Gasteiger charge is -2.22. The van der Waals surface area contributed by atoms with Crippen LogP contribution in [0.15, 0.2) is 97.1 Å². The molecule has 656 valence electrons. The quantitative estimate of drug-likeness (QED) is 0.00737. The maximum Gasteiger partial charge on any atom is 0.373 e. The number of Topliss-reactive ketones (excluding diaryl/α,β-unsaturated/α-hetero) is 4. The molecule has 0 spiro atoms. The van der Waals surface area contributed by atoms with Crippen LogP contribution in [0.2, 0.25) is 0 Å². The van der Waals surface area contributed by atoms with Crippen molar-refractivity contribution in [3.63, 3.8) is 0 Å². The minimum Gasteiger partial charge on any atom is -0.508 e. The number of nitro benzene ring substituents is 1. The van der Waals surface area contributed by atoms with Crippen LogP contribution < -0.4 is 15.9 Å². The zero-order valence-corrected chi connectivity index (χ0v) is 67.7. The Morgan fingerprint density at radius 2 is 0.992 bits per heavy atom. The van der Waals surface area contributed by atoms with E-state index in [4.69, 9.17) is 80.0 Å². The van der Waals surface area contributed by atoms with Gasteiger partial charge in [-0.1, -0.05) is 60.7 Å². The van der Waals surface area contributed by atoms with Crippen LogP contribution in [0.4, 0.5) is 5.69 Å². The second-order valence-corrected chi connectivity index (χ2v) is 35.9. The molecule has 10 atom stereocenters. The fraction of sp³-hybridized carbons (Fsp3) is 0.311. The number of hydrogen-bond acceptors (Lipinski definition) is 32. The number of aromatic hydroxyl groups is 1. The van der Waals surface area contributed by atoms with Gasteiger partial charge in [0.1, 0.15) is 41.0 Å². The Morgan fingerprint density at radius 3 is 1.43 bits per heavy atom.